The third kappa shape index (κ3) is 7.01. The van der Waals surface area contributed by atoms with Gasteiger partial charge in [0.2, 0.25) is 5.91 Å². The molecule has 0 aliphatic carbocycles. The summed E-state index contributed by atoms with van der Waals surface area (Å²) in [5, 5.41) is 4.18. The lowest BCUT2D eigenvalue weighted by molar-refractivity contribution is -0.132. The molecule has 1 fully saturated rings. The average Bonchev–Trinajstić information content (AvgIpc) is 2.83. The molecule has 1 aromatic heterocycles. The molecule has 0 saturated carbocycles. The summed E-state index contributed by atoms with van der Waals surface area (Å²) in [6.07, 6.45) is -2.87. The Bertz CT molecular complexity index is 1250. The fourth-order valence-electron chi connectivity index (χ4n) is 4.63. The topological polar surface area (TPSA) is 51.7 Å². The fourth-order valence-corrected chi connectivity index (χ4v) is 4.63. The van der Waals surface area contributed by atoms with Gasteiger partial charge in [0.1, 0.15) is 5.82 Å². The van der Waals surface area contributed by atoms with E-state index >= 15 is 0 Å². The van der Waals surface area contributed by atoms with Crippen LogP contribution in [0.2, 0.25) is 0 Å². The first-order valence-corrected chi connectivity index (χ1v) is 12.1. The zero-order valence-corrected chi connectivity index (χ0v) is 23.5. The van der Waals surface area contributed by atoms with Gasteiger partial charge in [0, 0.05) is 54.2 Å². The molecular weight excluding hydrogens is 538 g/mol. The van der Waals surface area contributed by atoms with Crippen LogP contribution in [0.5, 0.6) is 0 Å². The van der Waals surface area contributed by atoms with Gasteiger partial charge in [0.05, 0.1) is 23.7 Å². The molecule has 0 bridgehead atoms. The van der Waals surface area contributed by atoms with Gasteiger partial charge in [0.15, 0.2) is 0 Å². The smallest absolute Gasteiger partial charge is 0.266 e. The van der Waals surface area contributed by atoms with Crippen molar-refractivity contribution in [1.29, 1.82) is 0 Å². The van der Waals surface area contributed by atoms with Gasteiger partial charge < -0.3 is 20.0 Å². The van der Waals surface area contributed by atoms with Crippen molar-refractivity contribution in [2.24, 2.45) is 0 Å². The molecule has 1 N–H and O–H groups in total. The van der Waals surface area contributed by atoms with Crippen LogP contribution in [-0.2, 0) is 4.79 Å². The van der Waals surface area contributed by atoms with Gasteiger partial charge in [-0.05, 0) is 52.2 Å². The van der Waals surface area contributed by atoms with Crippen molar-refractivity contribution < 1.29 is 18.0 Å². The Morgan fingerprint density at radius 2 is 1.71 bits per heavy atom. The van der Waals surface area contributed by atoms with Gasteiger partial charge >= 0.3 is 0 Å². The van der Waals surface area contributed by atoms with Crippen LogP contribution in [0, 0.1) is 12.7 Å². The standard InChI is InChI=1S/C27H32F3N5O.2ClH/c1-17-14-24(32-18(2)20-6-5-7-21(26(20)28)27(29)30)22-15-19(8-9-23(22)31-17)34-10-12-35(13-11-34)25(36)16-33(3)4;;/h5-9,14-15,18,27H,10-13,16H2,1-4H3,(H,31,32);2*1H. The molecule has 11 heteroatoms. The Hall–Kier alpha value is -2.75. The zero-order valence-electron chi connectivity index (χ0n) is 21.9. The monoisotopic (exact) mass is 571 g/mol. The summed E-state index contributed by atoms with van der Waals surface area (Å²) in [5.74, 6) is -0.758. The lowest BCUT2D eigenvalue weighted by Gasteiger charge is -2.36. The van der Waals surface area contributed by atoms with Crippen molar-refractivity contribution in [2.45, 2.75) is 26.3 Å². The second kappa shape index (κ2) is 13.4. The Morgan fingerprint density at radius 1 is 1.05 bits per heavy atom. The van der Waals surface area contributed by atoms with E-state index in [2.05, 4.69) is 15.2 Å². The summed E-state index contributed by atoms with van der Waals surface area (Å²) < 4.78 is 41.2. The highest BCUT2D eigenvalue weighted by Gasteiger charge is 2.23. The van der Waals surface area contributed by atoms with Crippen LogP contribution < -0.4 is 10.2 Å². The van der Waals surface area contributed by atoms with Crippen LogP contribution in [-0.4, -0.2) is 67.5 Å². The summed E-state index contributed by atoms with van der Waals surface area (Å²) in [6, 6.07) is 11.5. The van der Waals surface area contributed by atoms with E-state index < -0.39 is 23.8 Å². The number of piperazine rings is 1. The first-order valence-electron chi connectivity index (χ1n) is 12.1. The first kappa shape index (κ1) is 31.5. The Morgan fingerprint density at radius 3 is 2.34 bits per heavy atom. The minimum Gasteiger partial charge on any atom is -0.378 e. The van der Waals surface area contributed by atoms with Crippen LogP contribution in [0.4, 0.5) is 24.5 Å². The Balaban J connectivity index is 0.00000253. The Labute approximate surface area is 234 Å². The number of hydrogen-bond acceptors (Lipinski definition) is 5. The number of nitrogens with zero attached hydrogens (tertiary/aromatic N) is 4. The van der Waals surface area contributed by atoms with Crippen LogP contribution in [0.15, 0.2) is 42.5 Å². The summed E-state index contributed by atoms with van der Waals surface area (Å²) in [7, 11) is 3.77. The molecular formula is C27H34Cl2F3N5O. The predicted octanol–water partition coefficient (Wildman–Crippen LogP) is 5.85. The quantitative estimate of drug-likeness (QED) is 0.385. The van der Waals surface area contributed by atoms with E-state index in [1.807, 2.05) is 55.1 Å². The maximum Gasteiger partial charge on any atom is 0.266 e. The van der Waals surface area contributed by atoms with E-state index in [4.69, 9.17) is 0 Å². The number of carbonyl (C=O) groups excluding carboxylic acids is 1. The maximum atomic E-state index is 14.8. The molecule has 1 unspecified atom stereocenters. The molecule has 38 heavy (non-hydrogen) atoms. The number of aryl methyl sites for hydroxylation is 1. The number of pyridine rings is 1. The predicted molar refractivity (Wildman–Crippen MR) is 152 cm³/mol. The highest BCUT2D eigenvalue weighted by molar-refractivity contribution is 5.94. The minimum atomic E-state index is -2.87. The number of amides is 1. The summed E-state index contributed by atoms with van der Waals surface area (Å²) in [4.78, 5) is 23.0. The normalized spacial score (nSPS) is 14.3. The van der Waals surface area contributed by atoms with Gasteiger partial charge in [-0.15, -0.1) is 24.8 Å². The summed E-state index contributed by atoms with van der Waals surface area (Å²) in [5.41, 5.74) is 2.94. The number of likely N-dealkylation sites (N-methyl/N-ethyl adjacent to an activating group) is 1. The van der Waals surface area contributed by atoms with Crippen LogP contribution in [0.25, 0.3) is 10.9 Å². The van der Waals surface area contributed by atoms with Crippen molar-refractivity contribution in [3.63, 3.8) is 0 Å². The SMILES string of the molecule is Cc1cc(NC(C)c2cccc(C(F)F)c2F)c2cc(N3CCN(C(=O)CN(C)C)CC3)ccc2n1.Cl.Cl. The van der Waals surface area contributed by atoms with Gasteiger partial charge in [-0.2, -0.15) is 0 Å². The number of halogens is 5. The zero-order chi connectivity index (χ0) is 26.0. The van der Waals surface area contributed by atoms with Gasteiger partial charge in [0.25, 0.3) is 6.43 Å². The number of fused-ring (bicyclic) bond motifs is 1. The Kier molecular flexibility index (Phi) is 11.1. The van der Waals surface area contributed by atoms with Crippen molar-refractivity contribution in [1.82, 2.24) is 14.8 Å². The number of aromatic nitrogens is 1. The molecule has 0 spiro atoms. The van der Waals surface area contributed by atoms with Crippen LogP contribution in [0.3, 0.4) is 0 Å². The van der Waals surface area contributed by atoms with Crippen molar-refractivity contribution in [3.05, 3.63) is 65.1 Å². The fraction of sp³-hybridized carbons (Fsp3) is 0.407. The largest absolute Gasteiger partial charge is 0.378 e. The van der Waals surface area contributed by atoms with Gasteiger partial charge in [-0.3, -0.25) is 9.78 Å². The number of rotatable bonds is 7. The number of anilines is 2. The van der Waals surface area contributed by atoms with Crippen LogP contribution in [0.1, 0.15) is 36.2 Å². The van der Waals surface area contributed by atoms with Crippen molar-refractivity contribution in [3.8, 4) is 0 Å². The van der Waals surface area contributed by atoms with Crippen molar-refractivity contribution in [2.75, 3.05) is 57.0 Å². The maximum absolute atomic E-state index is 14.8. The molecule has 6 nitrogen and oxygen atoms in total. The lowest BCUT2D eigenvalue weighted by Crippen LogP contribution is -2.50. The third-order valence-electron chi connectivity index (χ3n) is 6.50. The molecule has 208 valence electrons. The van der Waals surface area contributed by atoms with E-state index in [0.717, 1.165) is 47.1 Å². The van der Waals surface area contributed by atoms with E-state index in [1.54, 1.807) is 6.92 Å². The number of hydrogen-bond donors (Lipinski definition) is 1. The molecule has 0 radical (unpaired) electrons. The molecule has 1 atom stereocenters. The molecule has 2 heterocycles. The van der Waals surface area contributed by atoms with Gasteiger partial charge in [-0.1, -0.05) is 18.2 Å². The average molecular weight is 573 g/mol. The molecule has 2 aromatic carbocycles. The minimum absolute atomic E-state index is 0. The van der Waals surface area contributed by atoms with Gasteiger partial charge in [-0.25, -0.2) is 13.2 Å². The molecule has 4 rings (SSSR count). The van der Waals surface area contributed by atoms with E-state index in [1.165, 1.54) is 12.1 Å². The number of nitrogens with one attached hydrogen (secondary N) is 1. The molecule has 1 aliphatic rings. The van der Waals surface area contributed by atoms with E-state index in [9.17, 15) is 18.0 Å². The van der Waals surface area contributed by atoms with E-state index in [-0.39, 0.29) is 36.3 Å². The highest BCUT2D eigenvalue weighted by Crippen LogP contribution is 2.33. The molecule has 1 amide bonds. The first-order chi connectivity index (χ1) is 17.1. The molecule has 3 aromatic rings. The third-order valence-corrected chi connectivity index (χ3v) is 6.50. The number of benzene rings is 2. The lowest BCUT2D eigenvalue weighted by atomic mass is 10.0. The number of alkyl halides is 2. The van der Waals surface area contributed by atoms with E-state index in [0.29, 0.717) is 19.6 Å². The summed E-state index contributed by atoms with van der Waals surface area (Å²) in [6.45, 7) is 6.77. The van der Waals surface area contributed by atoms with Crippen LogP contribution >= 0.6 is 24.8 Å². The molecule has 1 aliphatic heterocycles. The van der Waals surface area contributed by atoms with Crippen molar-refractivity contribution >= 4 is 53.0 Å². The summed E-state index contributed by atoms with van der Waals surface area (Å²) >= 11 is 0. The molecule has 1 saturated heterocycles. The number of carbonyl (C=O) groups is 1. The second-order valence-electron chi connectivity index (χ2n) is 9.54. The highest BCUT2D eigenvalue weighted by atomic mass is 35.5. The second-order valence-corrected chi connectivity index (χ2v) is 9.54.